The quantitative estimate of drug-likeness (QED) is 0.577. The fourth-order valence-corrected chi connectivity index (χ4v) is 4.65. The molecule has 3 aromatic rings. The monoisotopic (exact) mass is 451 g/mol. The van der Waals surface area contributed by atoms with Crippen LogP contribution in [-0.2, 0) is 19.7 Å². The van der Waals surface area contributed by atoms with Crippen molar-refractivity contribution in [3.05, 3.63) is 36.7 Å². The molecule has 0 spiro atoms. The van der Waals surface area contributed by atoms with Gasteiger partial charge in [0, 0.05) is 18.4 Å². The summed E-state index contributed by atoms with van der Waals surface area (Å²) >= 11 is 0. The molecule has 0 bridgehead atoms. The smallest absolute Gasteiger partial charge is 0.178 e. The molecular formula is C19H21N3O6S2. The molecule has 0 fully saturated rings. The van der Waals surface area contributed by atoms with Crippen LogP contribution in [0.2, 0.25) is 0 Å². The van der Waals surface area contributed by atoms with Crippen molar-refractivity contribution < 1.29 is 26.3 Å². The average Bonchev–Trinajstić information content (AvgIpc) is 2.72. The van der Waals surface area contributed by atoms with Gasteiger partial charge in [-0.1, -0.05) is 6.92 Å². The van der Waals surface area contributed by atoms with Crippen LogP contribution in [0.3, 0.4) is 0 Å². The van der Waals surface area contributed by atoms with Crippen LogP contribution in [0.25, 0.3) is 10.9 Å². The number of methoxy groups -OCH3 is 2. The molecule has 30 heavy (non-hydrogen) atoms. The summed E-state index contributed by atoms with van der Waals surface area (Å²) in [5, 5.41) is 3.45. The van der Waals surface area contributed by atoms with Gasteiger partial charge in [0.05, 0.1) is 46.4 Å². The number of aromatic nitrogens is 2. The molecule has 1 aromatic heterocycles. The summed E-state index contributed by atoms with van der Waals surface area (Å²) in [5.74, 6) is 1.08. The maximum atomic E-state index is 12.3. The van der Waals surface area contributed by atoms with Crippen molar-refractivity contribution in [2.45, 2.75) is 16.7 Å². The van der Waals surface area contributed by atoms with Crippen molar-refractivity contribution in [3.63, 3.8) is 0 Å². The van der Waals surface area contributed by atoms with Gasteiger partial charge in [-0.05, 0) is 18.2 Å². The number of sulfone groups is 2. The molecule has 1 N–H and O–H groups in total. The van der Waals surface area contributed by atoms with Crippen LogP contribution >= 0.6 is 0 Å². The van der Waals surface area contributed by atoms with Gasteiger partial charge in [0.2, 0.25) is 0 Å². The van der Waals surface area contributed by atoms with E-state index in [4.69, 9.17) is 9.47 Å². The van der Waals surface area contributed by atoms with Gasteiger partial charge in [0.1, 0.15) is 23.6 Å². The summed E-state index contributed by atoms with van der Waals surface area (Å²) in [6, 6.07) is 7.17. The van der Waals surface area contributed by atoms with Gasteiger partial charge in [0.25, 0.3) is 0 Å². The molecule has 0 saturated heterocycles. The van der Waals surface area contributed by atoms with Gasteiger partial charge in [-0.2, -0.15) is 0 Å². The number of rotatable bonds is 7. The largest absolute Gasteiger partial charge is 0.497 e. The number of anilines is 2. The molecule has 9 nitrogen and oxygen atoms in total. The number of ether oxygens (including phenoxy) is 2. The van der Waals surface area contributed by atoms with Gasteiger partial charge in [0.15, 0.2) is 19.7 Å². The fourth-order valence-electron chi connectivity index (χ4n) is 2.92. The van der Waals surface area contributed by atoms with E-state index in [1.54, 1.807) is 12.1 Å². The van der Waals surface area contributed by atoms with Crippen molar-refractivity contribution in [1.82, 2.24) is 9.97 Å². The summed E-state index contributed by atoms with van der Waals surface area (Å²) in [5.41, 5.74) is 0.590. The predicted octanol–water partition coefficient (Wildman–Crippen LogP) is 2.59. The number of nitrogens with one attached hydrogen (secondary N) is 1. The van der Waals surface area contributed by atoms with Crippen LogP contribution in [0.15, 0.2) is 46.5 Å². The van der Waals surface area contributed by atoms with Gasteiger partial charge < -0.3 is 14.8 Å². The zero-order chi connectivity index (χ0) is 22.1. The van der Waals surface area contributed by atoms with Crippen LogP contribution < -0.4 is 14.8 Å². The van der Waals surface area contributed by atoms with E-state index >= 15 is 0 Å². The van der Waals surface area contributed by atoms with E-state index in [9.17, 15) is 16.8 Å². The molecule has 0 amide bonds. The van der Waals surface area contributed by atoms with Gasteiger partial charge in [-0.25, -0.2) is 26.8 Å². The molecule has 2 aromatic carbocycles. The number of benzene rings is 2. The van der Waals surface area contributed by atoms with Crippen molar-refractivity contribution >= 4 is 42.1 Å². The Labute approximate surface area is 174 Å². The number of fused-ring (bicyclic) bond motifs is 1. The van der Waals surface area contributed by atoms with Gasteiger partial charge in [-0.15, -0.1) is 0 Å². The highest BCUT2D eigenvalue weighted by Crippen LogP contribution is 2.36. The molecule has 0 aliphatic carbocycles. The Balaban J connectivity index is 2.25. The SMILES string of the molecule is CCS(=O)(=O)c1ccc(S(C)(=O)=O)c(Nc2ncnc3cc(OC)cc(OC)c23)c1. The first-order valence-electron chi connectivity index (χ1n) is 8.81. The van der Waals surface area contributed by atoms with E-state index < -0.39 is 19.7 Å². The average molecular weight is 452 g/mol. The lowest BCUT2D eigenvalue weighted by atomic mass is 10.2. The number of hydrogen-bond donors (Lipinski definition) is 1. The highest BCUT2D eigenvalue weighted by atomic mass is 32.2. The Morgan fingerprint density at radius 3 is 2.33 bits per heavy atom. The van der Waals surface area contributed by atoms with Crippen molar-refractivity contribution in [2.75, 3.05) is 31.5 Å². The third kappa shape index (κ3) is 4.17. The minimum absolute atomic E-state index is 0.00639. The van der Waals surface area contributed by atoms with Crippen molar-refractivity contribution in [1.29, 1.82) is 0 Å². The Morgan fingerprint density at radius 2 is 1.73 bits per heavy atom. The maximum absolute atomic E-state index is 12.3. The molecule has 0 aliphatic rings. The molecule has 160 valence electrons. The Bertz CT molecular complexity index is 1320. The number of nitrogens with zero attached hydrogens (tertiary/aromatic N) is 2. The van der Waals surface area contributed by atoms with E-state index in [1.165, 1.54) is 45.7 Å². The second kappa shape index (κ2) is 8.07. The van der Waals surface area contributed by atoms with E-state index in [0.29, 0.717) is 22.4 Å². The topological polar surface area (TPSA) is 125 Å². The van der Waals surface area contributed by atoms with Crippen LogP contribution in [0.4, 0.5) is 11.5 Å². The maximum Gasteiger partial charge on any atom is 0.178 e. The highest BCUT2D eigenvalue weighted by molar-refractivity contribution is 7.91. The van der Waals surface area contributed by atoms with Crippen LogP contribution in [-0.4, -0.2) is 53.0 Å². The Kier molecular flexibility index (Phi) is 5.86. The first kappa shape index (κ1) is 21.8. The molecule has 11 heteroatoms. The zero-order valence-electron chi connectivity index (χ0n) is 16.8. The van der Waals surface area contributed by atoms with Gasteiger partial charge in [-0.3, -0.25) is 0 Å². The standard InChI is InChI=1S/C19H21N3O6S2/c1-5-30(25,26)13-6-7-17(29(4,23)24)14(10-13)22-19-18-15(20-11-21-19)8-12(27-2)9-16(18)28-3/h6-11H,5H2,1-4H3,(H,20,21,22). The summed E-state index contributed by atoms with van der Waals surface area (Å²) in [6.45, 7) is 1.52. The van der Waals surface area contributed by atoms with Crippen LogP contribution in [0.1, 0.15) is 6.92 Å². The Morgan fingerprint density at radius 1 is 1.00 bits per heavy atom. The van der Waals surface area contributed by atoms with E-state index in [2.05, 4.69) is 15.3 Å². The minimum Gasteiger partial charge on any atom is -0.497 e. The summed E-state index contributed by atoms with van der Waals surface area (Å²) in [6.07, 6.45) is 2.35. The van der Waals surface area contributed by atoms with E-state index in [0.717, 1.165) is 6.26 Å². The lowest BCUT2D eigenvalue weighted by molar-refractivity contribution is 0.398. The molecular weight excluding hydrogens is 430 g/mol. The van der Waals surface area contributed by atoms with Crippen molar-refractivity contribution in [3.8, 4) is 11.5 Å². The second-order valence-corrected chi connectivity index (χ2v) is 10.7. The Hall–Kier alpha value is -2.92. The normalized spacial score (nSPS) is 12.0. The summed E-state index contributed by atoms with van der Waals surface area (Å²) in [4.78, 5) is 8.38. The fraction of sp³-hybridized carbons (Fsp3) is 0.263. The van der Waals surface area contributed by atoms with Crippen molar-refractivity contribution in [2.24, 2.45) is 0 Å². The third-order valence-corrected chi connectivity index (χ3v) is 7.36. The molecule has 0 radical (unpaired) electrons. The molecule has 0 unspecified atom stereocenters. The first-order chi connectivity index (χ1) is 14.1. The summed E-state index contributed by atoms with van der Waals surface area (Å²) < 4.78 is 59.9. The summed E-state index contributed by atoms with van der Waals surface area (Å²) in [7, 11) is -4.22. The molecule has 0 atom stereocenters. The van der Waals surface area contributed by atoms with Crippen LogP contribution in [0.5, 0.6) is 11.5 Å². The predicted molar refractivity (Wildman–Crippen MR) is 113 cm³/mol. The molecule has 3 rings (SSSR count). The molecule has 0 aliphatic heterocycles. The second-order valence-electron chi connectivity index (χ2n) is 6.40. The molecule has 0 saturated carbocycles. The van der Waals surface area contributed by atoms with Gasteiger partial charge >= 0.3 is 0 Å². The van der Waals surface area contributed by atoms with E-state index in [-0.39, 0.29) is 27.0 Å². The zero-order valence-corrected chi connectivity index (χ0v) is 18.5. The number of hydrogen-bond acceptors (Lipinski definition) is 9. The van der Waals surface area contributed by atoms with E-state index in [1.807, 2.05) is 0 Å². The highest BCUT2D eigenvalue weighted by Gasteiger charge is 2.21. The third-order valence-electron chi connectivity index (χ3n) is 4.47. The minimum atomic E-state index is -3.65. The lowest BCUT2D eigenvalue weighted by Crippen LogP contribution is -2.08. The lowest BCUT2D eigenvalue weighted by Gasteiger charge is -2.15. The molecule has 1 heterocycles. The first-order valence-corrected chi connectivity index (χ1v) is 12.4. The van der Waals surface area contributed by atoms with Crippen LogP contribution in [0, 0.1) is 0 Å².